The van der Waals surface area contributed by atoms with E-state index in [1.807, 2.05) is 12.1 Å². The average Bonchev–Trinajstić information content (AvgIpc) is 2.65. The normalized spacial score (nSPS) is 10.2. The molecule has 0 fully saturated rings. The van der Waals surface area contributed by atoms with Crippen LogP contribution in [0.1, 0.15) is 5.56 Å². The van der Waals surface area contributed by atoms with Crippen LogP contribution in [0.15, 0.2) is 24.7 Å². The number of nitrogens with two attached hydrogens (primary N) is 1. The van der Waals surface area contributed by atoms with Crippen molar-refractivity contribution in [1.82, 2.24) is 19.7 Å². The number of pyridine rings is 1. The summed E-state index contributed by atoms with van der Waals surface area (Å²) in [6, 6.07) is 3.77. The van der Waals surface area contributed by atoms with E-state index in [2.05, 4.69) is 15.1 Å². The lowest BCUT2D eigenvalue weighted by Crippen LogP contribution is -2.03. The molecular weight excluding hydrogens is 194 g/mol. The van der Waals surface area contributed by atoms with Gasteiger partial charge in [0.05, 0.1) is 13.7 Å². The molecule has 2 aromatic rings. The molecule has 2 rings (SSSR count). The second kappa shape index (κ2) is 3.95. The fraction of sp³-hybridized carbons (Fsp3) is 0.222. The van der Waals surface area contributed by atoms with Gasteiger partial charge in [-0.05, 0) is 6.07 Å². The Balaban J connectivity index is 2.23. The molecule has 0 spiro atoms. The smallest absolute Gasteiger partial charge is 0.239 e. The first kappa shape index (κ1) is 9.45. The molecule has 6 heteroatoms. The van der Waals surface area contributed by atoms with Crippen molar-refractivity contribution in [3.63, 3.8) is 0 Å². The fourth-order valence-corrected chi connectivity index (χ4v) is 1.29. The molecule has 0 saturated carbocycles. The van der Waals surface area contributed by atoms with E-state index in [4.69, 9.17) is 10.5 Å². The summed E-state index contributed by atoms with van der Waals surface area (Å²) in [4.78, 5) is 7.92. The maximum Gasteiger partial charge on any atom is 0.239 e. The molecule has 0 saturated heterocycles. The van der Waals surface area contributed by atoms with Crippen LogP contribution < -0.4 is 10.5 Å². The monoisotopic (exact) mass is 205 g/mol. The molecule has 0 aliphatic carbocycles. The average molecular weight is 205 g/mol. The van der Waals surface area contributed by atoms with Crippen molar-refractivity contribution in [2.45, 2.75) is 6.54 Å². The third-order valence-corrected chi connectivity index (χ3v) is 1.93. The molecule has 2 aromatic heterocycles. The fourth-order valence-electron chi connectivity index (χ4n) is 1.29. The van der Waals surface area contributed by atoms with Crippen molar-refractivity contribution in [3.8, 4) is 5.88 Å². The summed E-state index contributed by atoms with van der Waals surface area (Å²) in [6.07, 6.45) is 3.25. The predicted octanol–water partition coefficient (Wildman–Crippen LogP) is 0.312. The molecule has 0 aromatic carbocycles. The van der Waals surface area contributed by atoms with Crippen LogP contribution >= 0.6 is 0 Å². The lowest BCUT2D eigenvalue weighted by molar-refractivity contribution is 0.390. The van der Waals surface area contributed by atoms with Crippen LogP contribution in [-0.4, -0.2) is 26.9 Å². The number of aromatic nitrogens is 4. The maximum absolute atomic E-state index is 5.41. The van der Waals surface area contributed by atoms with Crippen molar-refractivity contribution in [3.05, 3.63) is 30.2 Å². The maximum atomic E-state index is 5.41. The molecule has 0 aliphatic heterocycles. The Morgan fingerprint density at radius 1 is 1.47 bits per heavy atom. The van der Waals surface area contributed by atoms with Gasteiger partial charge in [0.2, 0.25) is 11.8 Å². The molecule has 0 unspecified atom stereocenters. The molecule has 0 atom stereocenters. The minimum atomic E-state index is 0.262. The van der Waals surface area contributed by atoms with Gasteiger partial charge >= 0.3 is 0 Å². The Bertz CT molecular complexity index is 453. The van der Waals surface area contributed by atoms with Crippen molar-refractivity contribution in [1.29, 1.82) is 0 Å². The van der Waals surface area contributed by atoms with E-state index in [9.17, 15) is 0 Å². The van der Waals surface area contributed by atoms with Gasteiger partial charge in [-0.3, -0.25) is 0 Å². The highest BCUT2D eigenvalue weighted by atomic mass is 16.5. The number of anilines is 1. The topological polar surface area (TPSA) is 78.8 Å². The minimum absolute atomic E-state index is 0.262. The largest absolute Gasteiger partial charge is 0.481 e. The number of methoxy groups -OCH3 is 1. The second-order valence-electron chi connectivity index (χ2n) is 2.97. The van der Waals surface area contributed by atoms with Crippen molar-refractivity contribution in [2.75, 3.05) is 12.8 Å². The molecule has 0 amide bonds. The molecule has 2 heterocycles. The van der Waals surface area contributed by atoms with Gasteiger partial charge in [-0.25, -0.2) is 14.6 Å². The lowest BCUT2D eigenvalue weighted by atomic mass is 10.3. The summed E-state index contributed by atoms with van der Waals surface area (Å²) in [7, 11) is 1.58. The second-order valence-corrected chi connectivity index (χ2v) is 2.97. The molecule has 15 heavy (non-hydrogen) atoms. The number of nitrogen functional groups attached to an aromatic ring is 1. The zero-order valence-electron chi connectivity index (χ0n) is 8.29. The van der Waals surface area contributed by atoms with Crippen LogP contribution in [0.25, 0.3) is 0 Å². The first-order valence-corrected chi connectivity index (χ1v) is 4.42. The molecule has 0 radical (unpaired) electrons. The molecule has 78 valence electrons. The van der Waals surface area contributed by atoms with E-state index in [1.165, 1.54) is 0 Å². The zero-order valence-corrected chi connectivity index (χ0v) is 8.29. The first-order chi connectivity index (χ1) is 7.29. The lowest BCUT2D eigenvalue weighted by Gasteiger charge is -2.05. The zero-order chi connectivity index (χ0) is 10.7. The van der Waals surface area contributed by atoms with Gasteiger partial charge in [-0.2, -0.15) is 0 Å². The Kier molecular flexibility index (Phi) is 2.49. The van der Waals surface area contributed by atoms with Crippen molar-refractivity contribution >= 4 is 5.95 Å². The van der Waals surface area contributed by atoms with Crippen LogP contribution in [-0.2, 0) is 6.54 Å². The van der Waals surface area contributed by atoms with Crippen LogP contribution in [0.4, 0.5) is 5.95 Å². The summed E-state index contributed by atoms with van der Waals surface area (Å²) >= 11 is 0. The number of ether oxygens (including phenoxy) is 1. The highest BCUT2D eigenvalue weighted by molar-refractivity contribution is 5.25. The van der Waals surface area contributed by atoms with Gasteiger partial charge in [0.1, 0.15) is 6.33 Å². The van der Waals surface area contributed by atoms with Gasteiger partial charge < -0.3 is 10.5 Å². The quantitative estimate of drug-likeness (QED) is 0.780. The summed E-state index contributed by atoms with van der Waals surface area (Å²) in [5.41, 5.74) is 6.35. The van der Waals surface area contributed by atoms with E-state index in [-0.39, 0.29) is 5.95 Å². The highest BCUT2D eigenvalue weighted by Crippen LogP contribution is 2.14. The van der Waals surface area contributed by atoms with E-state index < -0.39 is 0 Å². The standard InChI is InChI=1S/C9H11N5O/c1-15-8-7(3-2-4-11-8)5-14-6-12-9(10)13-14/h2-4,6H,5H2,1H3,(H2,10,13). The van der Waals surface area contributed by atoms with Crippen LogP contribution in [0.5, 0.6) is 5.88 Å². The summed E-state index contributed by atoms with van der Waals surface area (Å²) in [5, 5.41) is 3.98. The summed E-state index contributed by atoms with van der Waals surface area (Å²) < 4.78 is 6.75. The third-order valence-electron chi connectivity index (χ3n) is 1.93. The van der Waals surface area contributed by atoms with E-state index in [1.54, 1.807) is 24.3 Å². The highest BCUT2D eigenvalue weighted by Gasteiger charge is 2.04. The van der Waals surface area contributed by atoms with E-state index >= 15 is 0 Å². The SMILES string of the molecule is COc1ncccc1Cn1cnc(N)n1. The van der Waals surface area contributed by atoms with Gasteiger partial charge in [-0.15, -0.1) is 5.10 Å². The number of hydrogen-bond acceptors (Lipinski definition) is 5. The molecule has 6 nitrogen and oxygen atoms in total. The van der Waals surface area contributed by atoms with E-state index in [0.717, 1.165) is 5.56 Å². The Morgan fingerprint density at radius 3 is 3.00 bits per heavy atom. The first-order valence-electron chi connectivity index (χ1n) is 4.42. The van der Waals surface area contributed by atoms with Gasteiger partial charge in [0.15, 0.2) is 0 Å². The van der Waals surface area contributed by atoms with Crippen molar-refractivity contribution < 1.29 is 4.74 Å². The van der Waals surface area contributed by atoms with E-state index in [0.29, 0.717) is 12.4 Å². The summed E-state index contributed by atoms with van der Waals surface area (Å²) in [6.45, 7) is 0.543. The van der Waals surface area contributed by atoms with Gasteiger partial charge in [-0.1, -0.05) is 6.07 Å². The number of nitrogens with zero attached hydrogens (tertiary/aromatic N) is 4. The van der Waals surface area contributed by atoms with Crippen LogP contribution in [0.3, 0.4) is 0 Å². The van der Waals surface area contributed by atoms with Crippen molar-refractivity contribution in [2.24, 2.45) is 0 Å². The third kappa shape index (κ3) is 2.04. The number of rotatable bonds is 3. The Hall–Kier alpha value is -2.11. The number of hydrogen-bond donors (Lipinski definition) is 1. The van der Waals surface area contributed by atoms with Gasteiger partial charge in [0, 0.05) is 11.8 Å². The Morgan fingerprint density at radius 2 is 2.33 bits per heavy atom. The molecule has 0 bridgehead atoms. The predicted molar refractivity (Wildman–Crippen MR) is 54.3 cm³/mol. The Labute approximate surface area is 86.7 Å². The molecule has 2 N–H and O–H groups in total. The minimum Gasteiger partial charge on any atom is -0.481 e. The summed E-state index contributed by atoms with van der Waals surface area (Å²) in [5.74, 6) is 0.851. The molecule has 0 aliphatic rings. The van der Waals surface area contributed by atoms with Gasteiger partial charge in [0.25, 0.3) is 0 Å². The molecular formula is C9H11N5O. The van der Waals surface area contributed by atoms with Crippen LogP contribution in [0.2, 0.25) is 0 Å². The van der Waals surface area contributed by atoms with Crippen LogP contribution in [0, 0.1) is 0 Å².